The number of aryl methyl sites for hydroxylation is 1. The van der Waals surface area contributed by atoms with Crippen molar-refractivity contribution in [2.75, 3.05) is 23.3 Å². The second kappa shape index (κ2) is 9.80. The summed E-state index contributed by atoms with van der Waals surface area (Å²) in [6.45, 7) is 3.44. The topological polar surface area (TPSA) is 129 Å². The Morgan fingerprint density at radius 3 is 2.60 bits per heavy atom. The summed E-state index contributed by atoms with van der Waals surface area (Å²) in [6.07, 6.45) is 2.54. The number of hydrogen-bond donors (Lipinski definition) is 2. The maximum atomic E-state index is 14.8. The van der Waals surface area contributed by atoms with Crippen molar-refractivity contribution >= 4 is 32.4 Å². The first-order valence-electron chi connectivity index (χ1n) is 10.7. The lowest BCUT2D eigenvalue weighted by molar-refractivity contribution is 0.136. The molecule has 0 aliphatic heterocycles. The number of nitrogens with zero attached hydrogens (tertiary/aromatic N) is 3. The van der Waals surface area contributed by atoms with Gasteiger partial charge in [-0.25, -0.2) is 27.8 Å². The SMILES string of the molecule is CO[C@H](C)CS(=O)(=O)Nc1c(F)ccc2c(Oc3ncccc3-c3ccnc(N)n3)c(C)ccc12. The summed E-state index contributed by atoms with van der Waals surface area (Å²) in [5.74, 6) is -0.282. The highest BCUT2D eigenvalue weighted by atomic mass is 32.2. The molecule has 4 rings (SSSR count). The lowest BCUT2D eigenvalue weighted by Gasteiger charge is -2.17. The molecule has 4 aromatic rings. The molecule has 0 spiro atoms. The number of aromatic nitrogens is 3. The first-order chi connectivity index (χ1) is 16.7. The number of sulfonamides is 1. The largest absolute Gasteiger partial charge is 0.437 e. The van der Waals surface area contributed by atoms with Crippen molar-refractivity contribution in [3.05, 3.63) is 66.2 Å². The number of rotatable bonds is 8. The number of nitrogens with two attached hydrogens (primary N) is 1. The van der Waals surface area contributed by atoms with Gasteiger partial charge in [0.2, 0.25) is 21.9 Å². The van der Waals surface area contributed by atoms with Gasteiger partial charge in [0.15, 0.2) is 0 Å². The van der Waals surface area contributed by atoms with Gasteiger partial charge in [0.25, 0.3) is 0 Å². The Morgan fingerprint density at radius 1 is 1.09 bits per heavy atom. The standard InChI is InChI=1S/C24H24FN5O4S/c1-14-6-7-16-17(8-9-19(25)21(16)30-35(31,32)13-15(2)33-3)22(14)34-23-18(5-4-11-27-23)20-10-12-28-24(26)29-20/h4-12,15,30H,13H2,1-3H3,(H2,26,28,29)/t15-/m1/s1. The predicted molar refractivity (Wildman–Crippen MR) is 132 cm³/mol. The Bertz CT molecular complexity index is 1500. The number of ether oxygens (including phenoxy) is 2. The van der Waals surface area contributed by atoms with Crippen LogP contribution in [-0.4, -0.2) is 42.3 Å². The van der Waals surface area contributed by atoms with Crippen LogP contribution in [0.1, 0.15) is 12.5 Å². The van der Waals surface area contributed by atoms with Crippen LogP contribution in [0.3, 0.4) is 0 Å². The highest BCUT2D eigenvalue weighted by molar-refractivity contribution is 7.92. The number of nitrogens with one attached hydrogen (secondary N) is 1. The Morgan fingerprint density at radius 2 is 1.86 bits per heavy atom. The zero-order valence-electron chi connectivity index (χ0n) is 19.3. The minimum atomic E-state index is -3.88. The molecule has 3 N–H and O–H groups in total. The monoisotopic (exact) mass is 497 g/mol. The van der Waals surface area contributed by atoms with E-state index in [2.05, 4.69) is 19.7 Å². The lowest BCUT2D eigenvalue weighted by Crippen LogP contribution is -2.26. The fraction of sp³-hybridized carbons (Fsp3) is 0.208. The van der Waals surface area contributed by atoms with Gasteiger partial charge in [0.1, 0.15) is 11.6 Å². The Kier molecular flexibility index (Phi) is 6.81. The van der Waals surface area contributed by atoms with Crippen LogP contribution in [0.15, 0.2) is 54.9 Å². The molecule has 2 heterocycles. The number of pyridine rings is 1. The fourth-order valence-corrected chi connectivity index (χ4v) is 4.92. The summed E-state index contributed by atoms with van der Waals surface area (Å²) in [5, 5.41) is 0.839. The first-order valence-corrected chi connectivity index (χ1v) is 12.3. The van der Waals surface area contributed by atoms with E-state index in [1.807, 2.05) is 6.92 Å². The molecule has 0 unspecified atom stereocenters. The second-order valence-electron chi connectivity index (χ2n) is 7.92. The molecule has 0 aliphatic rings. The molecule has 0 bridgehead atoms. The number of nitrogen functional groups attached to an aromatic ring is 1. The summed E-state index contributed by atoms with van der Waals surface area (Å²) in [5.41, 5.74) is 7.41. The van der Waals surface area contributed by atoms with Gasteiger partial charge in [-0.05, 0) is 49.7 Å². The van der Waals surface area contributed by atoms with Gasteiger partial charge < -0.3 is 15.2 Å². The van der Waals surface area contributed by atoms with Gasteiger partial charge in [0.05, 0.1) is 28.8 Å². The molecule has 11 heteroatoms. The van der Waals surface area contributed by atoms with Crippen molar-refractivity contribution in [1.82, 2.24) is 15.0 Å². The van der Waals surface area contributed by atoms with Crippen LogP contribution in [0, 0.1) is 12.7 Å². The molecule has 35 heavy (non-hydrogen) atoms. The highest BCUT2D eigenvalue weighted by Crippen LogP contribution is 2.39. The molecule has 0 saturated heterocycles. The number of fused-ring (bicyclic) bond motifs is 1. The third-order valence-corrected chi connectivity index (χ3v) is 6.75. The first kappa shape index (κ1) is 24.3. The number of anilines is 2. The van der Waals surface area contributed by atoms with E-state index in [-0.39, 0.29) is 23.3 Å². The van der Waals surface area contributed by atoms with E-state index in [0.29, 0.717) is 27.8 Å². The fourth-order valence-electron chi connectivity index (χ4n) is 3.56. The predicted octanol–water partition coefficient (Wildman–Crippen LogP) is 4.29. The number of benzene rings is 2. The van der Waals surface area contributed by atoms with Gasteiger partial charge >= 0.3 is 0 Å². The van der Waals surface area contributed by atoms with E-state index in [9.17, 15) is 12.8 Å². The zero-order valence-corrected chi connectivity index (χ0v) is 20.1. The van der Waals surface area contributed by atoms with E-state index in [4.69, 9.17) is 15.2 Å². The Labute approximate surface area is 202 Å². The second-order valence-corrected chi connectivity index (χ2v) is 9.68. The Hall–Kier alpha value is -3.83. The van der Waals surface area contributed by atoms with Crippen molar-refractivity contribution in [3.8, 4) is 22.9 Å². The van der Waals surface area contributed by atoms with Gasteiger partial charge in [0, 0.05) is 30.3 Å². The minimum absolute atomic E-state index is 0.105. The summed E-state index contributed by atoms with van der Waals surface area (Å²) in [4.78, 5) is 12.5. The average molecular weight is 498 g/mol. The van der Waals surface area contributed by atoms with Crippen LogP contribution in [-0.2, 0) is 14.8 Å². The number of hydrogen-bond acceptors (Lipinski definition) is 8. The molecule has 0 amide bonds. The van der Waals surface area contributed by atoms with E-state index >= 15 is 0 Å². The molecule has 0 saturated carbocycles. The van der Waals surface area contributed by atoms with Crippen LogP contribution in [0.2, 0.25) is 0 Å². The summed E-state index contributed by atoms with van der Waals surface area (Å²) in [7, 11) is -2.47. The molecule has 9 nitrogen and oxygen atoms in total. The van der Waals surface area contributed by atoms with Crippen molar-refractivity contribution in [1.29, 1.82) is 0 Å². The van der Waals surface area contributed by atoms with Gasteiger partial charge in [-0.2, -0.15) is 0 Å². The molecular formula is C24H24FN5O4S. The van der Waals surface area contributed by atoms with Crippen molar-refractivity contribution < 1.29 is 22.3 Å². The molecular weight excluding hydrogens is 473 g/mol. The smallest absolute Gasteiger partial charge is 0.235 e. The molecule has 0 radical (unpaired) electrons. The Balaban J connectivity index is 1.80. The number of halogens is 1. The maximum Gasteiger partial charge on any atom is 0.235 e. The average Bonchev–Trinajstić information content (AvgIpc) is 2.82. The van der Waals surface area contributed by atoms with Crippen LogP contribution >= 0.6 is 0 Å². The molecule has 182 valence electrons. The van der Waals surface area contributed by atoms with Crippen molar-refractivity contribution in [2.45, 2.75) is 20.0 Å². The third-order valence-electron chi connectivity index (χ3n) is 5.33. The summed E-state index contributed by atoms with van der Waals surface area (Å²) >= 11 is 0. The molecule has 0 fully saturated rings. The van der Waals surface area contributed by atoms with E-state index in [1.165, 1.54) is 25.4 Å². The normalized spacial score (nSPS) is 12.5. The van der Waals surface area contributed by atoms with Crippen LogP contribution in [0.5, 0.6) is 11.6 Å². The molecule has 0 aliphatic carbocycles. The molecule has 2 aromatic heterocycles. The van der Waals surface area contributed by atoms with Gasteiger partial charge in [-0.1, -0.05) is 12.1 Å². The van der Waals surface area contributed by atoms with Crippen molar-refractivity contribution in [2.24, 2.45) is 0 Å². The quantitative estimate of drug-likeness (QED) is 0.369. The van der Waals surface area contributed by atoms with E-state index in [0.717, 1.165) is 5.56 Å². The lowest BCUT2D eigenvalue weighted by atomic mass is 10.0. The van der Waals surface area contributed by atoms with Gasteiger partial charge in [-0.15, -0.1) is 0 Å². The zero-order chi connectivity index (χ0) is 25.2. The molecule has 2 aromatic carbocycles. The van der Waals surface area contributed by atoms with E-state index in [1.54, 1.807) is 43.5 Å². The van der Waals surface area contributed by atoms with Crippen LogP contribution in [0.25, 0.3) is 22.0 Å². The maximum absolute atomic E-state index is 14.8. The summed E-state index contributed by atoms with van der Waals surface area (Å²) in [6, 6.07) is 11.3. The van der Waals surface area contributed by atoms with Gasteiger partial charge in [-0.3, -0.25) is 4.72 Å². The van der Waals surface area contributed by atoms with Crippen molar-refractivity contribution in [3.63, 3.8) is 0 Å². The van der Waals surface area contributed by atoms with Crippen LogP contribution < -0.4 is 15.2 Å². The van der Waals surface area contributed by atoms with E-state index < -0.39 is 21.9 Å². The summed E-state index contributed by atoms with van der Waals surface area (Å²) < 4.78 is 53.7. The van der Waals surface area contributed by atoms with Crippen LogP contribution in [0.4, 0.5) is 16.0 Å². The third kappa shape index (κ3) is 5.31. The number of methoxy groups -OCH3 is 1. The minimum Gasteiger partial charge on any atom is -0.437 e. The highest BCUT2D eigenvalue weighted by Gasteiger charge is 2.21. The molecule has 1 atom stereocenters.